The van der Waals surface area contributed by atoms with Gasteiger partial charge in [0, 0.05) is 0 Å². The number of aliphatic hydroxyl groups excluding tert-OH is 1. The van der Waals surface area contributed by atoms with Crippen LogP contribution >= 0.6 is 0 Å². The van der Waals surface area contributed by atoms with Crippen LogP contribution in [0, 0.1) is 0 Å². The van der Waals surface area contributed by atoms with E-state index < -0.39 is 24.5 Å². The molecule has 60 valence electrons. The van der Waals surface area contributed by atoms with Crippen molar-refractivity contribution in [3.05, 3.63) is 0 Å². The smallest absolute Gasteiger partial charge is 1.00 e. The molecule has 11 heavy (non-hydrogen) atoms. The van der Waals surface area contributed by atoms with Crippen molar-refractivity contribution in [2.45, 2.75) is 12.5 Å². The minimum absolute atomic E-state index is 0. The summed E-state index contributed by atoms with van der Waals surface area (Å²) in [4.78, 5) is 19.4. The third-order valence-electron chi connectivity index (χ3n) is 0.653. The van der Waals surface area contributed by atoms with Crippen LogP contribution in [0.3, 0.4) is 0 Å². The molecule has 3 N–H and O–H groups in total. The number of carbonyl (C=O) groups is 2. The Labute approximate surface area is 129 Å². The molecule has 0 aromatic heterocycles. The van der Waals surface area contributed by atoms with Crippen molar-refractivity contribution < 1.29 is 30.6 Å². The van der Waals surface area contributed by atoms with Crippen molar-refractivity contribution >= 4 is 87.4 Å². The molecule has 7 heteroatoms. The Balaban J connectivity index is -0.0000000213. The van der Waals surface area contributed by atoms with Crippen LogP contribution in [0.25, 0.3) is 0 Å². The zero-order valence-corrected chi connectivity index (χ0v) is 10.3. The molecule has 1 atom stereocenters. The average Bonchev–Trinajstić information content (AvgIpc) is 1.63. The SMILES string of the molecule is O=C(O)CC(O)C(=O)O.[Ca+2].[Ca+2].[H-].[H-].[H-].[H-]. The number of carboxylic acid groups (broad SMARTS) is 2. The Morgan fingerprint density at radius 2 is 1.64 bits per heavy atom. The Bertz CT molecular complexity index is 149. The van der Waals surface area contributed by atoms with Crippen molar-refractivity contribution in [2.75, 3.05) is 0 Å². The van der Waals surface area contributed by atoms with Crippen LogP contribution in [-0.2, 0) is 9.59 Å². The molecule has 0 aliphatic heterocycles. The number of rotatable bonds is 3. The first kappa shape index (κ1) is 18.3. The fourth-order valence-electron chi connectivity index (χ4n) is 0.253. The molecule has 5 nitrogen and oxygen atoms in total. The van der Waals surface area contributed by atoms with Crippen molar-refractivity contribution in [3.8, 4) is 0 Å². The molecule has 0 spiro atoms. The predicted octanol–water partition coefficient (Wildman–Crippen LogP) is -1.41. The van der Waals surface area contributed by atoms with Crippen LogP contribution in [0.1, 0.15) is 12.1 Å². The summed E-state index contributed by atoms with van der Waals surface area (Å²) < 4.78 is 0. The Morgan fingerprint density at radius 3 is 1.73 bits per heavy atom. The van der Waals surface area contributed by atoms with Gasteiger partial charge in [0.25, 0.3) is 0 Å². The van der Waals surface area contributed by atoms with E-state index >= 15 is 0 Å². The zero-order valence-electron chi connectivity index (χ0n) is 9.86. The van der Waals surface area contributed by atoms with E-state index in [9.17, 15) is 9.59 Å². The summed E-state index contributed by atoms with van der Waals surface area (Å²) in [6.07, 6.45) is -2.54. The van der Waals surface area contributed by atoms with Crippen molar-refractivity contribution in [3.63, 3.8) is 0 Å². The van der Waals surface area contributed by atoms with Crippen molar-refractivity contribution in [1.29, 1.82) is 0 Å². The molecule has 0 saturated heterocycles. The summed E-state index contributed by atoms with van der Waals surface area (Å²) in [5.74, 6) is -2.85. The van der Waals surface area contributed by atoms with Crippen LogP contribution in [-0.4, -0.2) is 109 Å². The maximum absolute atomic E-state index is 9.72. The molecular formula is C4H10Ca2O5. The van der Waals surface area contributed by atoms with Gasteiger partial charge >= 0.3 is 87.4 Å². The number of aliphatic hydroxyl groups is 1. The Kier molecular flexibility index (Phi) is 15.8. The van der Waals surface area contributed by atoms with Crippen molar-refractivity contribution in [2.24, 2.45) is 0 Å². The van der Waals surface area contributed by atoms with Crippen LogP contribution in [0.2, 0.25) is 0 Å². The molecule has 0 bridgehead atoms. The summed E-state index contributed by atoms with van der Waals surface area (Å²) in [6.45, 7) is 0. The molecular weight excluding hydrogens is 208 g/mol. The summed E-state index contributed by atoms with van der Waals surface area (Å²) in [5, 5.41) is 24.1. The molecule has 0 aromatic carbocycles. The van der Waals surface area contributed by atoms with E-state index in [0.29, 0.717) is 0 Å². The molecule has 0 aliphatic carbocycles. The number of hydrogen-bond donors (Lipinski definition) is 3. The van der Waals surface area contributed by atoms with Gasteiger partial charge in [0.05, 0.1) is 6.42 Å². The quantitative estimate of drug-likeness (QED) is 0.506. The van der Waals surface area contributed by atoms with Gasteiger partial charge < -0.3 is 21.0 Å². The average molecular weight is 218 g/mol. The third-order valence-corrected chi connectivity index (χ3v) is 0.653. The van der Waals surface area contributed by atoms with Crippen LogP contribution in [0.5, 0.6) is 0 Å². The monoisotopic (exact) mass is 218 g/mol. The fourth-order valence-corrected chi connectivity index (χ4v) is 0.253. The van der Waals surface area contributed by atoms with E-state index in [4.69, 9.17) is 15.3 Å². The second kappa shape index (κ2) is 9.51. The first-order valence-corrected chi connectivity index (χ1v) is 2.16. The molecule has 0 saturated carbocycles. The first-order chi connectivity index (χ1) is 4.04. The van der Waals surface area contributed by atoms with Crippen LogP contribution in [0.4, 0.5) is 0 Å². The zero-order chi connectivity index (χ0) is 7.44. The van der Waals surface area contributed by atoms with Gasteiger partial charge in [0.15, 0.2) is 6.10 Å². The Hall–Kier alpha value is 1.42. The van der Waals surface area contributed by atoms with Crippen molar-refractivity contribution in [1.82, 2.24) is 0 Å². The van der Waals surface area contributed by atoms with E-state index in [2.05, 4.69) is 0 Å². The van der Waals surface area contributed by atoms with Gasteiger partial charge in [-0.15, -0.1) is 0 Å². The molecule has 0 radical (unpaired) electrons. The molecule has 0 amide bonds. The third kappa shape index (κ3) is 11.4. The van der Waals surface area contributed by atoms with E-state index in [-0.39, 0.29) is 81.2 Å². The minimum atomic E-state index is -1.79. The second-order valence-corrected chi connectivity index (χ2v) is 1.45. The molecule has 0 aliphatic rings. The number of aliphatic carboxylic acids is 2. The normalized spacial score (nSPS) is 10.3. The topological polar surface area (TPSA) is 94.8 Å². The van der Waals surface area contributed by atoms with Gasteiger partial charge in [-0.25, -0.2) is 4.79 Å². The molecule has 0 heterocycles. The summed E-state index contributed by atoms with van der Waals surface area (Å²) in [6, 6.07) is 0. The van der Waals surface area contributed by atoms with Crippen LogP contribution in [0.15, 0.2) is 0 Å². The van der Waals surface area contributed by atoms with Gasteiger partial charge in [-0.05, 0) is 0 Å². The molecule has 0 aromatic rings. The van der Waals surface area contributed by atoms with Gasteiger partial charge in [0.1, 0.15) is 0 Å². The largest absolute Gasteiger partial charge is 2.00 e. The van der Waals surface area contributed by atoms with Gasteiger partial charge in [-0.2, -0.15) is 0 Å². The fraction of sp³-hybridized carbons (Fsp3) is 0.500. The van der Waals surface area contributed by atoms with E-state index in [1.54, 1.807) is 0 Å². The second-order valence-electron chi connectivity index (χ2n) is 1.45. The maximum atomic E-state index is 9.72. The van der Waals surface area contributed by atoms with Gasteiger partial charge in [-0.3, -0.25) is 4.79 Å². The predicted molar refractivity (Wildman–Crippen MR) is 41.9 cm³/mol. The van der Waals surface area contributed by atoms with E-state index in [0.717, 1.165) is 0 Å². The molecule has 1 unspecified atom stereocenters. The minimum Gasteiger partial charge on any atom is -1.00 e. The first-order valence-electron chi connectivity index (χ1n) is 2.16. The van der Waals surface area contributed by atoms with Gasteiger partial charge in [-0.1, -0.05) is 0 Å². The van der Waals surface area contributed by atoms with Gasteiger partial charge in [0.2, 0.25) is 0 Å². The van der Waals surface area contributed by atoms with E-state index in [1.165, 1.54) is 0 Å². The standard InChI is InChI=1S/C4H6O5.2Ca.4H/c5-2(4(8)9)1-3(6)7;;;;;;/h2,5H,1H2,(H,6,7)(H,8,9);;;;;;/q;2*+2;4*-1. The molecule has 0 fully saturated rings. The Morgan fingerprint density at radius 1 is 1.27 bits per heavy atom. The summed E-state index contributed by atoms with van der Waals surface area (Å²) >= 11 is 0. The number of carboxylic acids is 2. The van der Waals surface area contributed by atoms with E-state index in [1.807, 2.05) is 0 Å². The maximum Gasteiger partial charge on any atom is 2.00 e. The summed E-state index contributed by atoms with van der Waals surface area (Å²) in [5.41, 5.74) is 0. The number of hydrogen-bond acceptors (Lipinski definition) is 3. The summed E-state index contributed by atoms with van der Waals surface area (Å²) in [7, 11) is 0. The van der Waals surface area contributed by atoms with Crippen LogP contribution < -0.4 is 0 Å². The molecule has 0 rings (SSSR count).